The SMILES string of the molecule is CC(C)[C@](C)(NC(=O)[C@@H](NC(=O)OCc1ccccc1)C1CCCCC1)C(=O)N1C[C@H]2CCC[C@@H]2[C@H]1C(=O)OC(C)(C)C. The van der Waals surface area contributed by atoms with Crippen molar-refractivity contribution in [3.63, 3.8) is 0 Å². The lowest BCUT2D eigenvalue weighted by atomic mass is 9.81. The summed E-state index contributed by atoms with van der Waals surface area (Å²) < 4.78 is 11.3. The van der Waals surface area contributed by atoms with Gasteiger partial charge >= 0.3 is 12.1 Å². The fourth-order valence-corrected chi connectivity index (χ4v) is 7.01. The molecule has 0 radical (unpaired) electrons. The second-order valence-electron chi connectivity index (χ2n) is 14.2. The molecule has 9 nitrogen and oxygen atoms in total. The van der Waals surface area contributed by atoms with Crippen LogP contribution in [0.25, 0.3) is 0 Å². The zero-order valence-electron chi connectivity index (χ0n) is 26.8. The van der Waals surface area contributed by atoms with E-state index in [4.69, 9.17) is 9.47 Å². The van der Waals surface area contributed by atoms with Crippen molar-refractivity contribution >= 4 is 23.9 Å². The van der Waals surface area contributed by atoms with Crippen molar-refractivity contribution in [1.82, 2.24) is 15.5 Å². The number of benzene rings is 1. The molecule has 0 aromatic heterocycles. The molecule has 2 aliphatic carbocycles. The van der Waals surface area contributed by atoms with Gasteiger partial charge in [0.1, 0.15) is 29.8 Å². The highest BCUT2D eigenvalue weighted by Crippen LogP contribution is 2.44. The Bertz CT molecular complexity index is 1140. The summed E-state index contributed by atoms with van der Waals surface area (Å²) in [7, 11) is 0. The first-order valence-electron chi connectivity index (χ1n) is 16.1. The first-order valence-corrected chi connectivity index (χ1v) is 16.1. The maximum absolute atomic E-state index is 14.4. The quantitative estimate of drug-likeness (QED) is 0.371. The molecule has 5 atom stereocenters. The molecule has 238 valence electrons. The van der Waals surface area contributed by atoms with E-state index in [1.54, 1.807) is 11.8 Å². The van der Waals surface area contributed by atoms with Gasteiger partial charge in [0.25, 0.3) is 0 Å². The van der Waals surface area contributed by atoms with Gasteiger partial charge in [0, 0.05) is 6.54 Å². The van der Waals surface area contributed by atoms with E-state index in [0.29, 0.717) is 6.54 Å². The van der Waals surface area contributed by atoms with Crippen molar-refractivity contribution in [2.75, 3.05) is 6.54 Å². The average Bonchev–Trinajstić information content (AvgIpc) is 3.56. The monoisotopic (exact) mass is 597 g/mol. The van der Waals surface area contributed by atoms with Crippen molar-refractivity contribution < 1.29 is 28.7 Å². The van der Waals surface area contributed by atoms with Gasteiger partial charge in [-0.2, -0.15) is 0 Å². The Kier molecular flexibility index (Phi) is 10.4. The minimum Gasteiger partial charge on any atom is -0.458 e. The zero-order chi connectivity index (χ0) is 31.4. The lowest BCUT2D eigenvalue weighted by Gasteiger charge is -2.41. The molecule has 4 rings (SSSR count). The van der Waals surface area contributed by atoms with Crippen LogP contribution in [0.4, 0.5) is 4.79 Å². The summed E-state index contributed by atoms with van der Waals surface area (Å²) in [6.07, 6.45) is 6.87. The Morgan fingerprint density at radius 2 is 1.60 bits per heavy atom. The molecule has 0 bridgehead atoms. The van der Waals surface area contributed by atoms with Gasteiger partial charge in [0.15, 0.2) is 0 Å². The van der Waals surface area contributed by atoms with Crippen LogP contribution in [0.15, 0.2) is 30.3 Å². The smallest absolute Gasteiger partial charge is 0.408 e. The van der Waals surface area contributed by atoms with E-state index in [1.165, 1.54) is 0 Å². The third kappa shape index (κ3) is 7.90. The van der Waals surface area contributed by atoms with Crippen LogP contribution in [0.2, 0.25) is 0 Å². The summed E-state index contributed by atoms with van der Waals surface area (Å²) in [6, 6.07) is 7.87. The van der Waals surface area contributed by atoms with Crippen LogP contribution >= 0.6 is 0 Å². The number of rotatable bonds is 9. The van der Waals surface area contributed by atoms with E-state index in [1.807, 2.05) is 65.0 Å². The average molecular weight is 598 g/mol. The summed E-state index contributed by atoms with van der Waals surface area (Å²) in [5.41, 5.74) is -1.12. The number of hydrogen-bond donors (Lipinski definition) is 2. The van der Waals surface area contributed by atoms with Crippen molar-refractivity contribution in [2.45, 2.75) is 123 Å². The van der Waals surface area contributed by atoms with Gasteiger partial charge in [-0.3, -0.25) is 9.59 Å². The molecule has 1 aliphatic heterocycles. The molecule has 1 heterocycles. The fraction of sp³-hybridized carbons (Fsp3) is 0.706. The Hall–Kier alpha value is -3.10. The lowest BCUT2D eigenvalue weighted by molar-refractivity contribution is -0.166. The van der Waals surface area contributed by atoms with Crippen LogP contribution < -0.4 is 10.6 Å². The van der Waals surface area contributed by atoms with Gasteiger partial charge in [0.2, 0.25) is 11.8 Å². The Labute approximate surface area is 256 Å². The van der Waals surface area contributed by atoms with Crippen LogP contribution in [0.1, 0.15) is 98.5 Å². The first kappa shape index (κ1) is 32.8. The van der Waals surface area contributed by atoms with Crippen LogP contribution in [0.3, 0.4) is 0 Å². The Morgan fingerprint density at radius 1 is 0.930 bits per heavy atom. The number of ether oxygens (including phenoxy) is 2. The third-order valence-corrected chi connectivity index (χ3v) is 9.67. The van der Waals surface area contributed by atoms with Gasteiger partial charge in [-0.25, -0.2) is 9.59 Å². The minimum atomic E-state index is -1.29. The van der Waals surface area contributed by atoms with Crippen molar-refractivity contribution in [3.05, 3.63) is 35.9 Å². The maximum atomic E-state index is 14.4. The first-order chi connectivity index (χ1) is 20.3. The number of carbonyl (C=O) groups excluding carboxylic acids is 4. The third-order valence-electron chi connectivity index (χ3n) is 9.67. The summed E-state index contributed by atoms with van der Waals surface area (Å²) in [6.45, 7) is 11.6. The van der Waals surface area contributed by atoms with Gasteiger partial charge < -0.3 is 25.0 Å². The van der Waals surface area contributed by atoms with E-state index in [0.717, 1.165) is 56.9 Å². The lowest BCUT2D eigenvalue weighted by Crippen LogP contribution is -2.66. The maximum Gasteiger partial charge on any atom is 0.408 e. The molecule has 1 aromatic carbocycles. The molecule has 1 saturated heterocycles. The van der Waals surface area contributed by atoms with Gasteiger partial charge in [0.05, 0.1) is 0 Å². The van der Waals surface area contributed by atoms with Gasteiger partial charge in [-0.1, -0.05) is 69.9 Å². The molecule has 9 heteroatoms. The van der Waals surface area contributed by atoms with E-state index in [-0.39, 0.29) is 42.2 Å². The van der Waals surface area contributed by atoms with Crippen LogP contribution in [0.5, 0.6) is 0 Å². The molecule has 2 N–H and O–H groups in total. The number of alkyl carbamates (subject to hydrolysis) is 1. The van der Waals surface area contributed by atoms with E-state index in [2.05, 4.69) is 10.6 Å². The Balaban J connectivity index is 1.53. The number of hydrogen-bond acceptors (Lipinski definition) is 6. The second-order valence-corrected chi connectivity index (χ2v) is 14.2. The van der Waals surface area contributed by atoms with E-state index >= 15 is 0 Å². The number of carbonyl (C=O) groups is 4. The molecule has 0 unspecified atom stereocenters. The normalized spacial score (nSPS) is 24.5. The fourth-order valence-electron chi connectivity index (χ4n) is 7.01. The topological polar surface area (TPSA) is 114 Å². The van der Waals surface area contributed by atoms with E-state index < -0.39 is 35.2 Å². The number of amides is 3. The second kappa shape index (κ2) is 13.7. The summed E-state index contributed by atoms with van der Waals surface area (Å²) in [5, 5.41) is 5.91. The molecule has 2 saturated carbocycles. The number of esters is 1. The summed E-state index contributed by atoms with van der Waals surface area (Å²) >= 11 is 0. The van der Waals surface area contributed by atoms with Crippen molar-refractivity contribution in [2.24, 2.45) is 23.7 Å². The predicted octanol–water partition coefficient (Wildman–Crippen LogP) is 5.36. The highest BCUT2D eigenvalue weighted by Gasteiger charge is 2.55. The number of nitrogens with zero attached hydrogens (tertiary/aromatic N) is 1. The predicted molar refractivity (Wildman–Crippen MR) is 164 cm³/mol. The Morgan fingerprint density at radius 3 is 2.23 bits per heavy atom. The molecule has 0 spiro atoms. The molecule has 3 aliphatic rings. The highest BCUT2D eigenvalue weighted by molar-refractivity contribution is 5.96. The van der Waals surface area contributed by atoms with E-state index in [9.17, 15) is 19.2 Å². The van der Waals surface area contributed by atoms with Crippen LogP contribution in [-0.4, -0.2) is 58.5 Å². The molecule has 43 heavy (non-hydrogen) atoms. The standard InChI is InChI=1S/C34H51N3O6/c1-22(2)34(6,31(40)37-20-25-18-13-19-26(25)28(37)30(39)43-33(3,4)5)36-29(38)27(24-16-11-8-12-17-24)35-32(41)42-21-23-14-9-7-10-15-23/h7,9-10,14-15,22,24-28H,8,11-13,16-21H2,1-6H3,(H,35,41)(H,36,38)/t25-,26+,27+,28+,34+/m1/s1. The summed E-state index contributed by atoms with van der Waals surface area (Å²) in [5.74, 6) is -1.11. The number of nitrogens with one attached hydrogen (secondary N) is 2. The van der Waals surface area contributed by atoms with Gasteiger partial charge in [-0.05, 0) is 82.6 Å². The molecule has 3 amide bonds. The van der Waals surface area contributed by atoms with Crippen molar-refractivity contribution in [1.29, 1.82) is 0 Å². The van der Waals surface area contributed by atoms with Gasteiger partial charge in [-0.15, -0.1) is 0 Å². The highest BCUT2D eigenvalue weighted by atomic mass is 16.6. The summed E-state index contributed by atoms with van der Waals surface area (Å²) in [4.78, 5) is 56.5. The minimum absolute atomic E-state index is 0.0574. The molecule has 1 aromatic rings. The molecular weight excluding hydrogens is 546 g/mol. The number of fused-ring (bicyclic) bond motifs is 1. The zero-order valence-corrected chi connectivity index (χ0v) is 26.8. The number of likely N-dealkylation sites (tertiary alicyclic amines) is 1. The molecular formula is C34H51N3O6. The van der Waals surface area contributed by atoms with Crippen LogP contribution in [-0.2, 0) is 30.5 Å². The molecule has 3 fully saturated rings. The van der Waals surface area contributed by atoms with Crippen LogP contribution in [0, 0.1) is 23.7 Å². The van der Waals surface area contributed by atoms with Crippen molar-refractivity contribution in [3.8, 4) is 0 Å². The largest absolute Gasteiger partial charge is 0.458 e.